The van der Waals surface area contributed by atoms with Gasteiger partial charge in [-0.2, -0.15) is 0 Å². The van der Waals surface area contributed by atoms with Crippen LogP contribution in [0.15, 0.2) is 28.7 Å². The van der Waals surface area contributed by atoms with Gasteiger partial charge in [0.2, 0.25) is 5.91 Å². The molecule has 1 saturated carbocycles. The summed E-state index contributed by atoms with van der Waals surface area (Å²) < 4.78 is 0.977. The van der Waals surface area contributed by atoms with Gasteiger partial charge in [0.1, 0.15) is 0 Å². The third-order valence-corrected chi connectivity index (χ3v) is 4.40. The number of aliphatic hydroxyl groups is 1. The molecule has 1 fully saturated rings. The van der Waals surface area contributed by atoms with Crippen LogP contribution >= 0.6 is 15.9 Å². The molecule has 2 N–H and O–H groups in total. The number of amides is 1. The Bertz CT molecular complexity index is 454. The molecule has 2 rings (SSSR count). The molecular weight excluding hydrogens is 318 g/mol. The highest BCUT2D eigenvalue weighted by molar-refractivity contribution is 9.10. The van der Waals surface area contributed by atoms with Gasteiger partial charge in [0.25, 0.3) is 0 Å². The van der Waals surface area contributed by atoms with Crippen LogP contribution in [0, 0.1) is 0 Å². The van der Waals surface area contributed by atoms with Crippen molar-refractivity contribution in [2.75, 3.05) is 6.54 Å². The molecule has 1 amide bonds. The fraction of sp³-hybridized carbons (Fsp3) is 0.562. The van der Waals surface area contributed by atoms with Crippen LogP contribution < -0.4 is 5.32 Å². The summed E-state index contributed by atoms with van der Waals surface area (Å²) in [6.07, 6.45) is 6.43. The normalized spacial score (nSPS) is 18.3. The van der Waals surface area contributed by atoms with Crippen LogP contribution in [-0.4, -0.2) is 23.2 Å². The van der Waals surface area contributed by atoms with Crippen molar-refractivity contribution in [1.82, 2.24) is 5.32 Å². The third-order valence-electron chi connectivity index (χ3n) is 3.90. The summed E-state index contributed by atoms with van der Waals surface area (Å²) in [6.45, 7) is 0.375. The molecular formula is C16H22BrNO2. The number of carbonyl (C=O) groups is 1. The topological polar surface area (TPSA) is 49.3 Å². The van der Waals surface area contributed by atoms with E-state index in [-0.39, 0.29) is 5.91 Å². The van der Waals surface area contributed by atoms with Crippen LogP contribution in [0.3, 0.4) is 0 Å². The largest absolute Gasteiger partial charge is 0.388 e. The van der Waals surface area contributed by atoms with Crippen molar-refractivity contribution in [2.45, 2.75) is 50.5 Å². The van der Waals surface area contributed by atoms with Gasteiger partial charge in [0.15, 0.2) is 0 Å². The van der Waals surface area contributed by atoms with Crippen LogP contribution in [-0.2, 0) is 11.2 Å². The lowest BCUT2D eigenvalue weighted by molar-refractivity contribution is -0.121. The van der Waals surface area contributed by atoms with Crippen molar-refractivity contribution in [2.24, 2.45) is 0 Å². The highest BCUT2D eigenvalue weighted by Gasteiger charge is 2.28. The maximum Gasteiger partial charge on any atom is 0.224 e. The molecule has 1 aliphatic carbocycles. The summed E-state index contributed by atoms with van der Waals surface area (Å²) in [5.74, 6) is -0.0271. The van der Waals surface area contributed by atoms with Crippen molar-refractivity contribution >= 4 is 21.8 Å². The average Bonchev–Trinajstić information content (AvgIpc) is 2.62. The van der Waals surface area contributed by atoms with E-state index in [0.29, 0.717) is 13.0 Å². The van der Waals surface area contributed by atoms with Crippen molar-refractivity contribution in [3.8, 4) is 0 Å². The molecule has 20 heavy (non-hydrogen) atoms. The van der Waals surface area contributed by atoms with Gasteiger partial charge >= 0.3 is 0 Å². The van der Waals surface area contributed by atoms with Crippen LogP contribution in [0.5, 0.6) is 0 Å². The zero-order valence-electron chi connectivity index (χ0n) is 11.7. The highest BCUT2D eigenvalue weighted by Crippen LogP contribution is 2.26. The van der Waals surface area contributed by atoms with Gasteiger partial charge in [-0.15, -0.1) is 0 Å². The Morgan fingerprint density at radius 2 is 1.95 bits per heavy atom. The second-order valence-corrected chi connectivity index (χ2v) is 6.64. The zero-order chi connectivity index (χ0) is 14.4. The maximum atomic E-state index is 12.0. The smallest absolute Gasteiger partial charge is 0.224 e. The van der Waals surface area contributed by atoms with E-state index in [9.17, 15) is 9.90 Å². The molecule has 0 spiro atoms. The van der Waals surface area contributed by atoms with Crippen LogP contribution in [0.4, 0.5) is 0 Å². The molecule has 0 radical (unpaired) electrons. The van der Waals surface area contributed by atoms with Crippen molar-refractivity contribution in [3.05, 3.63) is 34.3 Å². The molecule has 1 aromatic carbocycles. The standard InChI is InChI=1S/C16H22BrNO2/c17-14-7-5-6-13(10-14)11-15(19)18-12-16(20)8-3-1-2-4-9-16/h5-7,10,20H,1-4,8-9,11-12H2,(H,18,19). The molecule has 0 aliphatic heterocycles. The molecule has 0 atom stereocenters. The number of hydrogen-bond acceptors (Lipinski definition) is 2. The predicted molar refractivity (Wildman–Crippen MR) is 83.5 cm³/mol. The third kappa shape index (κ3) is 4.91. The summed E-state index contributed by atoms with van der Waals surface area (Å²) >= 11 is 3.40. The molecule has 0 heterocycles. The highest BCUT2D eigenvalue weighted by atomic mass is 79.9. The van der Waals surface area contributed by atoms with Gasteiger partial charge in [0, 0.05) is 11.0 Å². The minimum Gasteiger partial charge on any atom is -0.388 e. The van der Waals surface area contributed by atoms with Gasteiger partial charge < -0.3 is 10.4 Å². The first-order valence-corrected chi connectivity index (χ1v) is 8.10. The van der Waals surface area contributed by atoms with E-state index in [4.69, 9.17) is 0 Å². The zero-order valence-corrected chi connectivity index (χ0v) is 13.3. The minimum absolute atomic E-state index is 0.0271. The van der Waals surface area contributed by atoms with Gasteiger partial charge in [-0.05, 0) is 30.5 Å². The number of rotatable bonds is 4. The number of carbonyl (C=O) groups excluding carboxylic acids is 1. The van der Waals surface area contributed by atoms with Gasteiger partial charge in [-0.3, -0.25) is 4.79 Å². The van der Waals surface area contributed by atoms with Crippen LogP contribution in [0.1, 0.15) is 44.1 Å². The van der Waals surface area contributed by atoms with E-state index < -0.39 is 5.60 Å². The Hall–Kier alpha value is -0.870. The molecule has 0 aromatic heterocycles. The van der Waals surface area contributed by atoms with Gasteiger partial charge in [-0.25, -0.2) is 0 Å². The monoisotopic (exact) mass is 339 g/mol. The molecule has 0 unspecified atom stereocenters. The molecule has 1 aromatic rings. The molecule has 1 aliphatic rings. The van der Waals surface area contributed by atoms with Crippen LogP contribution in [0.2, 0.25) is 0 Å². The lowest BCUT2D eigenvalue weighted by Crippen LogP contribution is -2.43. The maximum absolute atomic E-state index is 12.0. The second kappa shape index (κ2) is 7.23. The Kier molecular flexibility index (Phi) is 5.61. The predicted octanol–water partition coefficient (Wildman–Crippen LogP) is 3.19. The second-order valence-electron chi connectivity index (χ2n) is 5.72. The summed E-state index contributed by atoms with van der Waals surface area (Å²) in [7, 11) is 0. The minimum atomic E-state index is -0.705. The van der Waals surface area contributed by atoms with E-state index in [1.807, 2.05) is 24.3 Å². The SMILES string of the molecule is O=C(Cc1cccc(Br)c1)NCC1(O)CCCCCC1. The van der Waals surface area contributed by atoms with Crippen molar-refractivity contribution in [3.63, 3.8) is 0 Å². The lowest BCUT2D eigenvalue weighted by atomic mass is 9.94. The van der Waals surface area contributed by atoms with Crippen molar-refractivity contribution in [1.29, 1.82) is 0 Å². The van der Waals surface area contributed by atoms with E-state index in [1.54, 1.807) is 0 Å². The summed E-state index contributed by atoms with van der Waals surface area (Å²) in [5.41, 5.74) is 0.272. The Morgan fingerprint density at radius 1 is 1.25 bits per heavy atom. The first-order valence-electron chi connectivity index (χ1n) is 7.31. The fourth-order valence-electron chi connectivity index (χ4n) is 2.72. The Labute approximate surface area is 128 Å². The molecule has 4 heteroatoms. The molecule has 0 bridgehead atoms. The first-order chi connectivity index (χ1) is 9.57. The fourth-order valence-corrected chi connectivity index (χ4v) is 3.17. The summed E-state index contributed by atoms with van der Waals surface area (Å²) in [4.78, 5) is 12.0. The van der Waals surface area contributed by atoms with Crippen LogP contribution in [0.25, 0.3) is 0 Å². The Morgan fingerprint density at radius 3 is 2.60 bits per heavy atom. The van der Waals surface area contributed by atoms with Crippen molar-refractivity contribution < 1.29 is 9.90 Å². The lowest BCUT2D eigenvalue weighted by Gasteiger charge is -2.26. The number of benzene rings is 1. The van der Waals surface area contributed by atoms with Gasteiger partial charge in [0.05, 0.1) is 12.0 Å². The van der Waals surface area contributed by atoms with E-state index in [2.05, 4.69) is 21.2 Å². The quantitative estimate of drug-likeness (QED) is 0.827. The first kappa shape index (κ1) is 15.5. The summed E-state index contributed by atoms with van der Waals surface area (Å²) in [5, 5.41) is 13.4. The number of hydrogen-bond donors (Lipinski definition) is 2. The number of halogens is 1. The summed E-state index contributed by atoms with van der Waals surface area (Å²) in [6, 6.07) is 7.74. The van der Waals surface area contributed by atoms with E-state index in [0.717, 1.165) is 35.7 Å². The van der Waals surface area contributed by atoms with E-state index >= 15 is 0 Å². The molecule has 0 saturated heterocycles. The van der Waals surface area contributed by atoms with Gasteiger partial charge in [-0.1, -0.05) is 53.7 Å². The average molecular weight is 340 g/mol. The Balaban J connectivity index is 1.82. The number of nitrogens with one attached hydrogen (secondary N) is 1. The van der Waals surface area contributed by atoms with E-state index in [1.165, 1.54) is 12.8 Å². The molecule has 110 valence electrons. The molecule has 3 nitrogen and oxygen atoms in total.